The summed E-state index contributed by atoms with van der Waals surface area (Å²) in [4.78, 5) is 0. The van der Waals surface area contributed by atoms with Gasteiger partial charge in [0.15, 0.2) is 0 Å². The van der Waals surface area contributed by atoms with Gasteiger partial charge in [-0.3, -0.25) is 0 Å². The molecule has 1 saturated carbocycles. The number of nitrogens with two attached hydrogens (primary N) is 1. The van der Waals surface area contributed by atoms with Crippen LogP contribution in [0.25, 0.3) is 0 Å². The van der Waals surface area contributed by atoms with Crippen molar-refractivity contribution in [3.63, 3.8) is 0 Å². The van der Waals surface area contributed by atoms with Crippen LogP contribution in [0.15, 0.2) is 0 Å². The first-order valence-corrected chi connectivity index (χ1v) is 6.70. The van der Waals surface area contributed by atoms with E-state index in [1.807, 2.05) is 18.7 Å². The van der Waals surface area contributed by atoms with Gasteiger partial charge < -0.3 is 10.8 Å². The SMILES string of the molecule is CC(N)(CO)CCSC1CCCCC1. The topological polar surface area (TPSA) is 46.2 Å². The summed E-state index contributed by atoms with van der Waals surface area (Å²) in [7, 11) is 0. The summed E-state index contributed by atoms with van der Waals surface area (Å²) < 4.78 is 0. The van der Waals surface area contributed by atoms with Gasteiger partial charge in [0.25, 0.3) is 0 Å². The van der Waals surface area contributed by atoms with Crippen LogP contribution in [0.5, 0.6) is 0 Å². The monoisotopic (exact) mass is 217 g/mol. The molecule has 2 nitrogen and oxygen atoms in total. The molecule has 0 bridgehead atoms. The van der Waals surface area contributed by atoms with E-state index in [0.717, 1.165) is 17.4 Å². The number of thioether (sulfide) groups is 1. The van der Waals surface area contributed by atoms with Crippen LogP contribution >= 0.6 is 11.8 Å². The van der Waals surface area contributed by atoms with Crippen LogP contribution < -0.4 is 5.73 Å². The molecule has 0 aliphatic heterocycles. The fourth-order valence-corrected chi connectivity index (χ4v) is 3.35. The largest absolute Gasteiger partial charge is 0.394 e. The lowest BCUT2D eigenvalue weighted by Gasteiger charge is -2.25. The van der Waals surface area contributed by atoms with Crippen LogP contribution in [0.2, 0.25) is 0 Å². The van der Waals surface area contributed by atoms with Crippen LogP contribution in [0.4, 0.5) is 0 Å². The van der Waals surface area contributed by atoms with E-state index in [-0.39, 0.29) is 12.1 Å². The highest BCUT2D eigenvalue weighted by Crippen LogP contribution is 2.29. The first kappa shape index (κ1) is 12.3. The van der Waals surface area contributed by atoms with Crippen molar-refractivity contribution in [1.82, 2.24) is 0 Å². The molecule has 1 aliphatic carbocycles. The zero-order valence-corrected chi connectivity index (χ0v) is 9.98. The molecule has 1 atom stereocenters. The van der Waals surface area contributed by atoms with Crippen molar-refractivity contribution >= 4 is 11.8 Å². The summed E-state index contributed by atoms with van der Waals surface area (Å²) in [6.07, 6.45) is 7.90. The molecule has 0 aromatic carbocycles. The molecule has 1 rings (SSSR count). The van der Waals surface area contributed by atoms with Gasteiger partial charge >= 0.3 is 0 Å². The summed E-state index contributed by atoms with van der Waals surface area (Å²) in [5, 5.41) is 9.86. The average Bonchev–Trinajstić information content (AvgIpc) is 2.19. The van der Waals surface area contributed by atoms with E-state index in [4.69, 9.17) is 10.8 Å². The predicted molar refractivity (Wildman–Crippen MR) is 63.6 cm³/mol. The highest BCUT2D eigenvalue weighted by Gasteiger charge is 2.18. The van der Waals surface area contributed by atoms with Gasteiger partial charge in [0.1, 0.15) is 0 Å². The number of aliphatic hydroxyl groups is 1. The quantitative estimate of drug-likeness (QED) is 0.742. The Labute approximate surface area is 91.6 Å². The van der Waals surface area contributed by atoms with Gasteiger partial charge in [-0.1, -0.05) is 19.3 Å². The smallest absolute Gasteiger partial charge is 0.0608 e. The highest BCUT2D eigenvalue weighted by molar-refractivity contribution is 7.99. The van der Waals surface area contributed by atoms with Crippen LogP contribution in [0, 0.1) is 0 Å². The third-order valence-electron chi connectivity index (χ3n) is 2.94. The fraction of sp³-hybridized carbons (Fsp3) is 1.00. The molecule has 0 radical (unpaired) electrons. The first-order valence-electron chi connectivity index (χ1n) is 5.65. The maximum atomic E-state index is 9.00. The van der Waals surface area contributed by atoms with Gasteiger partial charge in [0.2, 0.25) is 0 Å². The lowest BCUT2D eigenvalue weighted by atomic mass is 10.0. The van der Waals surface area contributed by atoms with E-state index in [2.05, 4.69) is 0 Å². The number of hydrogen-bond acceptors (Lipinski definition) is 3. The molecule has 0 spiro atoms. The molecule has 0 aromatic rings. The van der Waals surface area contributed by atoms with Crippen LogP contribution in [-0.2, 0) is 0 Å². The van der Waals surface area contributed by atoms with Crippen molar-refractivity contribution < 1.29 is 5.11 Å². The van der Waals surface area contributed by atoms with Gasteiger partial charge in [-0.15, -0.1) is 0 Å². The summed E-state index contributed by atoms with van der Waals surface area (Å²) in [5.74, 6) is 1.10. The average molecular weight is 217 g/mol. The van der Waals surface area contributed by atoms with Crippen molar-refractivity contribution in [3.8, 4) is 0 Å². The summed E-state index contributed by atoms with van der Waals surface area (Å²) >= 11 is 2.05. The second-order valence-electron chi connectivity index (χ2n) is 4.69. The zero-order valence-electron chi connectivity index (χ0n) is 9.17. The Morgan fingerprint density at radius 3 is 2.57 bits per heavy atom. The van der Waals surface area contributed by atoms with Gasteiger partial charge in [0, 0.05) is 10.8 Å². The summed E-state index contributed by atoms with van der Waals surface area (Å²) in [6.45, 7) is 2.02. The molecular weight excluding hydrogens is 194 g/mol. The number of hydrogen-bond donors (Lipinski definition) is 2. The molecule has 3 heteroatoms. The molecule has 1 aliphatic rings. The Kier molecular flexibility index (Phi) is 5.28. The summed E-state index contributed by atoms with van der Waals surface area (Å²) in [5.41, 5.74) is 5.49. The minimum atomic E-state index is -0.373. The Hall–Kier alpha value is 0.270. The van der Waals surface area contributed by atoms with Crippen molar-refractivity contribution in [1.29, 1.82) is 0 Å². The predicted octanol–water partition coefficient (Wildman–Crippen LogP) is 2.15. The molecule has 0 amide bonds. The second-order valence-corrected chi connectivity index (χ2v) is 6.10. The Bertz CT molecular complexity index is 155. The van der Waals surface area contributed by atoms with Gasteiger partial charge in [-0.25, -0.2) is 0 Å². The Balaban J connectivity index is 2.08. The molecule has 84 valence electrons. The molecule has 1 fully saturated rings. The lowest BCUT2D eigenvalue weighted by molar-refractivity contribution is 0.206. The molecule has 3 N–H and O–H groups in total. The van der Waals surface area contributed by atoms with Crippen molar-refractivity contribution in [2.75, 3.05) is 12.4 Å². The minimum absolute atomic E-state index is 0.0955. The molecular formula is C11H23NOS. The van der Waals surface area contributed by atoms with Crippen molar-refractivity contribution in [2.45, 2.75) is 56.2 Å². The van der Waals surface area contributed by atoms with Crippen molar-refractivity contribution in [2.24, 2.45) is 5.73 Å². The maximum Gasteiger partial charge on any atom is 0.0608 e. The Morgan fingerprint density at radius 1 is 1.36 bits per heavy atom. The van der Waals surface area contributed by atoms with Gasteiger partial charge in [-0.05, 0) is 31.9 Å². The highest BCUT2D eigenvalue weighted by atomic mass is 32.2. The van der Waals surface area contributed by atoms with Crippen molar-refractivity contribution in [3.05, 3.63) is 0 Å². The summed E-state index contributed by atoms with van der Waals surface area (Å²) in [6, 6.07) is 0. The van der Waals surface area contributed by atoms with Crippen LogP contribution in [0.1, 0.15) is 45.4 Å². The molecule has 0 aromatic heterocycles. The Morgan fingerprint density at radius 2 is 2.00 bits per heavy atom. The van der Waals surface area contributed by atoms with E-state index in [9.17, 15) is 0 Å². The maximum absolute atomic E-state index is 9.00. The van der Waals surface area contributed by atoms with Gasteiger partial charge in [-0.2, -0.15) is 11.8 Å². The normalized spacial score (nSPS) is 23.4. The molecule has 1 unspecified atom stereocenters. The zero-order chi connectivity index (χ0) is 10.4. The van der Waals surface area contributed by atoms with Gasteiger partial charge in [0.05, 0.1) is 6.61 Å². The third-order valence-corrected chi connectivity index (χ3v) is 4.32. The van der Waals surface area contributed by atoms with Crippen LogP contribution in [0.3, 0.4) is 0 Å². The van der Waals surface area contributed by atoms with E-state index < -0.39 is 0 Å². The number of aliphatic hydroxyl groups excluding tert-OH is 1. The van der Waals surface area contributed by atoms with Crippen LogP contribution in [-0.4, -0.2) is 28.3 Å². The third kappa shape index (κ3) is 4.67. The van der Waals surface area contributed by atoms with E-state index >= 15 is 0 Å². The molecule has 14 heavy (non-hydrogen) atoms. The lowest BCUT2D eigenvalue weighted by Crippen LogP contribution is -2.40. The molecule has 0 heterocycles. The minimum Gasteiger partial charge on any atom is -0.394 e. The van der Waals surface area contributed by atoms with E-state index in [0.29, 0.717) is 0 Å². The first-order chi connectivity index (χ1) is 6.64. The standard InChI is InChI=1S/C11H23NOS/c1-11(12,9-13)7-8-14-10-5-3-2-4-6-10/h10,13H,2-9,12H2,1H3. The van der Waals surface area contributed by atoms with E-state index in [1.54, 1.807) is 0 Å². The fourth-order valence-electron chi connectivity index (χ4n) is 1.77. The second kappa shape index (κ2) is 5.99. The number of rotatable bonds is 5. The molecule has 0 saturated heterocycles. The van der Waals surface area contributed by atoms with E-state index in [1.165, 1.54) is 32.1 Å².